The molecule has 21 heavy (non-hydrogen) atoms. The first-order valence-electron chi connectivity index (χ1n) is 6.69. The lowest BCUT2D eigenvalue weighted by atomic mass is 10.1. The van der Waals surface area contributed by atoms with Crippen LogP contribution in [0.2, 0.25) is 0 Å². The lowest BCUT2D eigenvalue weighted by Crippen LogP contribution is -2.40. The second kappa shape index (κ2) is 6.01. The smallest absolute Gasteiger partial charge is 0.310 e. The van der Waals surface area contributed by atoms with Crippen LogP contribution in [0.5, 0.6) is 0 Å². The standard InChI is InChI=1S/C14H18FNO4S/c1-16(11-8-6-10(15)7-9-11)21(18,19)13-5-3-4-12(13)14(17)20-2/h6-9,12-13H,3-5H2,1-2H3. The molecule has 1 aliphatic rings. The zero-order chi connectivity index (χ0) is 15.6. The van der Waals surface area contributed by atoms with E-state index >= 15 is 0 Å². The van der Waals surface area contributed by atoms with Crippen molar-refractivity contribution in [3.8, 4) is 0 Å². The van der Waals surface area contributed by atoms with Crippen LogP contribution in [-0.4, -0.2) is 33.8 Å². The Morgan fingerprint density at radius 1 is 1.29 bits per heavy atom. The fraction of sp³-hybridized carbons (Fsp3) is 0.500. The van der Waals surface area contributed by atoms with Gasteiger partial charge in [0.2, 0.25) is 10.0 Å². The Kier molecular flexibility index (Phi) is 4.51. The van der Waals surface area contributed by atoms with Crippen molar-refractivity contribution < 1.29 is 22.3 Å². The first-order valence-corrected chi connectivity index (χ1v) is 8.19. The molecule has 1 aromatic carbocycles. The van der Waals surface area contributed by atoms with E-state index in [0.29, 0.717) is 24.9 Å². The summed E-state index contributed by atoms with van der Waals surface area (Å²) >= 11 is 0. The molecule has 1 fully saturated rings. The Bertz CT molecular complexity index is 614. The third-order valence-corrected chi connectivity index (χ3v) is 6.21. The van der Waals surface area contributed by atoms with Gasteiger partial charge >= 0.3 is 5.97 Å². The summed E-state index contributed by atoms with van der Waals surface area (Å²) in [7, 11) is -1.03. The lowest BCUT2D eigenvalue weighted by Gasteiger charge is -2.26. The fourth-order valence-corrected chi connectivity index (χ4v) is 4.65. The molecule has 1 aliphatic carbocycles. The van der Waals surface area contributed by atoms with Crippen LogP contribution in [0.25, 0.3) is 0 Å². The number of ether oxygens (including phenoxy) is 1. The highest BCUT2D eigenvalue weighted by atomic mass is 32.2. The van der Waals surface area contributed by atoms with Crippen LogP contribution >= 0.6 is 0 Å². The van der Waals surface area contributed by atoms with Gasteiger partial charge in [0.15, 0.2) is 0 Å². The summed E-state index contributed by atoms with van der Waals surface area (Å²) in [6, 6.07) is 5.20. The number of halogens is 1. The maximum absolute atomic E-state index is 12.9. The zero-order valence-electron chi connectivity index (χ0n) is 12.0. The molecule has 0 N–H and O–H groups in total. The van der Waals surface area contributed by atoms with Crippen LogP contribution in [0, 0.1) is 11.7 Å². The van der Waals surface area contributed by atoms with Crippen molar-refractivity contribution in [2.75, 3.05) is 18.5 Å². The van der Waals surface area contributed by atoms with E-state index in [2.05, 4.69) is 4.74 Å². The molecular weight excluding hydrogens is 297 g/mol. The van der Waals surface area contributed by atoms with Gasteiger partial charge in [-0.05, 0) is 37.1 Å². The number of rotatable bonds is 4. The van der Waals surface area contributed by atoms with Crippen LogP contribution in [0.15, 0.2) is 24.3 Å². The van der Waals surface area contributed by atoms with E-state index in [9.17, 15) is 17.6 Å². The molecule has 2 unspecified atom stereocenters. The molecule has 0 radical (unpaired) electrons. The van der Waals surface area contributed by atoms with Crippen LogP contribution in [0.4, 0.5) is 10.1 Å². The van der Waals surface area contributed by atoms with Gasteiger partial charge in [-0.2, -0.15) is 0 Å². The second-order valence-corrected chi connectivity index (χ2v) is 7.27. The summed E-state index contributed by atoms with van der Waals surface area (Å²) in [5.74, 6) is -1.56. The summed E-state index contributed by atoms with van der Waals surface area (Å²) in [5.41, 5.74) is 0.368. The van der Waals surface area contributed by atoms with Crippen molar-refractivity contribution >= 4 is 21.7 Å². The largest absolute Gasteiger partial charge is 0.469 e. The molecule has 7 heteroatoms. The Labute approximate surface area is 123 Å². The van der Waals surface area contributed by atoms with Gasteiger partial charge in [-0.25, -0.2) is 12.8 Å². The summed E-state index contributed by atoms with van der Waals surface area (Å²) in [6.45, 7) is 0. The first kappa shape index (κ1) is 15.8. The first-order chi connectivity index (χ1) is 9.87. The minimum absolute atomic E-state index is 0.368. The van der Waals surface area contributed by atoms with Crippen molar-refractivity contribution in [1.29, 1.82) is 0 Å². The molecule has 1 saturated carbocycles. The molecule has 0 aromatic heterocycles. The number of carbonyl (C=O) groups excluding carboxylic acids is 1. The SMILES string of the molecule is COC(=O)C1CCCC1S(=O)(=O)N(C)c1ccc(F)cc1. The third-order valence-electron chi connectivity index (χ3n) is 3.91. The molecule has 1 aromatic rings. The zero-order valence-corrected chi connectivity index (χ0v) is 12.8. The molecule has 0 saturated heterocycles. The molecule has 116 valence electrons. The maximum Gasteiger partial charge on any atom is 0.310 e. The van der Waals surface area contributed by atoms with Crippen molar-refractivity contribution in [2.24, 2.45) is 5.92 Å². The summed E-state index contributed by atoms with van der Waals surface area (Å²) in [5, 5.41) is -0.792. The Hall–Kier alpha value is -1.63. The minimum Gasteiger partial charge on any atom is -0.469 e. The van der Waals surface area contributed by atoms with E-state index in [1.807, 2.05) is 0 Å². The number of hydrogen-bond donors (Lipinski definition) is 0. The summed E-state index contributed by atoms with van der Waals surface area (Å²) in [4.78, 5) is 11.7. The van der Waals surface area contributed by atoms with Crippen LogP contribution in [-0.2, 0) is 19.6 Å². The van der Waals surface area contributed by atoms with E-state index in [-0.39, 0.29) is 0 Å². The third kappa shape index (κ3) is 3.02. The van der Waals surface area contributed by atoms with Crippen LogP contribution in [0.1, 0.15) is 19.3 Å². The summed E-state index contributed by atoms with van der Waals surface area (Å²) < 4.78 is 44.1. The summed E-state index contributed by atoms with van der Waals surface area (Å²) in [6.07, 6.45) is 1.60. The number of hydrogen-bond acceptors (Lipinski definition) is 4. The van der Waals surface area contributed by atoms with Gasteiger partial charge in [0.05, 0.1) is 24.0 Å². The second-order valence-electron chi connectivity index (χ2n) is 5.09. The van der Waals surface area contributed by atoms with E-state index in [1.54, 1.807) is 0 Å². The van der Waals surface area contributed by atoms with Gasteiger partial charge in [-0.3, -0.25) is 9.10 Å². The molecule has 5 nitrogen and oxygen atoms in total. The Morgan fingerprint density at radius 3 is 2.48 bits per heavy atom. The van der Waals surface area contributed by atoms with Crippen molar-refractivity contribution in [1.82, 2.24) is 0 Å². The van der Waals surface area contributed by atoms with E-state index in [1.165, 1.54) is 38.4 Å². The van der Waals surface area contributed by atoms with Crippen LogP contribution in [0.3, 0.4) is 0 Å². The molecule has 0 spiro atoms. The van der Waals surface area contributed by atoms with Gasteiger partial charge in [-0.1, -0.05) is 6.42 Å². The number of methoxy groups -OCH3 is 1. The molecule has 0 bridgehead atoms. The van der Waals surface area contributed by atoms with Gasteiger partial charge in [0.1, 0.15) is 5.82 Å². The molecule has 0 aliphatic heterocycles. The number of benzene rings is 1. The number of sulfonamides is 1. The molecule has 2 atom stereocenters. The molecule has 0 heterocycles. The highest BCUT2D eigenvalue weighted by Gasteiger charge is 2.44. The van der Waals surface area contributed by atoms with E-state index in [4.69, 9.17) is 0 Å². The minimum atomic E-state index is -3.70. The van der Waals surface area contributed by atoms with Gasteiger partial charge < -0.3 is 4.74 Å². The predicted molar refractivity (Wildman–Crippen MR) is 76.9 cm³/mol. The average Bonchev–Trinajstić information content (AvgIpc) is 2.96. The van der Waals surface area contributed by atoms with Crippen LogP contribution < -0.4 is 4.31 Å². The van der Waals surface area contributed by atoms with E-state index in [0.717, 1.165) is 4.31 Å². The molecular formula is C14H18FNO4S. The fourth-order valence-electron chi connectivity index (χ4n) is 2.70. The van der Waals surface area contributed by atoms with Gasteiger partial charge in [-0.15, -0.1) is 0 Å². The number of carbonyl (C=O) groups is 1. The lowest BCUT2D eigenvalue weighted by molar-refractivity contribution is -0.145. The highest BCUT2D eigenvalue weighted by molar-refractivity contribution is 7.93. The van der Waals surface area contributed by atoms with Crippen molar-refractivity contribution in [2.45, 2.75) is 24.5 Å². The topological polar surface area (TPSA) is 63.7 Å². The van der Waals surface area contributed by atoms with Gasteiger partial charge in [0, 0.05) is 7.05 Å². The van der Waals surface area contributed by atoms with Crippen molar-refractivity contribution in [3.05, 3.63) is 30.1 Å². The van der Waals surface area contributed by atoms with E-state index < -0.39 is 33.0 Å². The Balaban J connectivity index is 2.28. The molecule has 0 amide bonds. The maximum atomic E-state index is 12.9. The van der Waals surface area contributed by atoms with Gasteiger partial charge in [0.25, 0.3) is 0 Å². The monoisotopic (exact) mass is 315 g/mol. The number of anilines is 1. The highest BCUT2D eigenvalue weighted by Crippen LogP contribution is 2.34. The average molecular weight is 315 g/mol. The van der Waals surface area contributed by atoms with Crippen molar-refractivity contribution in [3.63, 3.8) is 0 Å². The number of esters is 1. The number of nitrogens with zero attached hydrogens (tertiary/aromatic N) is 1. The molecule has 2 rings (SSSR count). The quantitative estimate of drug-likeness (QED) is 0.797. The normalized spacial score (nSPS) is 22.0. The Morgan fingerprint density at radius 2 is 1.90 bits per heavy atom. The predicted octanol–water partition coefficient (Wildman–Crippen LogP) is 1.93.